The lowest BCUT2D eigenvalue weighted by Gasteiger charge is -2.20. The highest BCUT2D eigenvalue weighted by Gasteiger charge is 2.42. The van der Waals surface area contributed by atoms with Gasteiger partial charge >= 0.3 is 0 Å². The molecule has 0 N–H and O–H groups in total. The molecule has 158 valence electrons. The quantitative estimate of drug-likeness (QED) is 0.425. The minimum atomic E-state index is -3.13. The first-order valence-electron chi connectivity index (χ1n) is 9.58. The molecule has 0 bridgehead atoms. The average molecular weight is 472 g/mol. The number of thiocarbonyl (C=S) groups is 1. The lowest BCUT2D eigenvalue weighted by molar-refractivity contribution is -0.123. The molecule has 0 unspecified atom stereocenters. The fourth-order valence-corrected chi connectivity index (χ4v) is 6.82. The molecule has 2 aliphatic heterocycles. The molecule has 0 radical (unpaired) electrons. The largest absolute Gasteiger partial charge is 0.463 e. The van der Waals surface area contributed by atoms with Gasteiger partial charge < -0.3 is 4.42 Å². The molecule has 5 rings (SSSR count). The zero-order chi connectivity index (χ0) is 21.6. The van der Waals surface area contributed by atoms with Gasteiger partial charge in [-0.1, -0.05) is 42.2 Å². The first kappa shape index (κ1) is 20.2. The monoisotopic (exact) mass is 471 g/mol. The van der Waals surface area contributed by atoms with E-state index in [4.69, 9.17) is 16.6 Å². The van der Waals surface area contributed by atoms with Gasteiger partial charge in [-0.2, -0.15) is 5.10 Å². The maximum Gasteiger partial charge on any atom is 0.266 e. The van der Waals surface area contributed by atoms with Gasteiger partial charge in [0.15, 0.2) is 15.6 Å². The van der Waals surface area contributed by atoms with Gasteiger partial charge in [-0.05, 0) is 36.8 Å². The lowest BCUT2D eigenvalue weighted by Crippen LogP contribution is -2.39. The predicted octanol–water partition coefficient (Wildman–Crippen LogP) is 3.52. The first-order chi connectivity index (χ1) is 14.9. The minimum Gasteiger partial charge on any atom is -0.463 e. The number of sulfone groups is 1. The molecular weight excluding hydrogens is 454 g/mol. The van der Waals surface area contributed by atoms with Crippen molar-refractivity contribution in [2.45, 2.75) is 12.5 Å². The Morgan fingerprint density at radius 1 is 1.19 bits per heavy atom. The predicted molar refractivity (Wildman–Crippen MR) is 123 cm³/mol. The summed E-state index contributed by atoms with van der Waals surface area (Å²) in [6, 6.07) is 12.8. The molecule has 10 heteroatoms. The molecule has 0 saturated carbocycles. The number of carbonyl (C=O) groups excluding carboxylic acids is 1. The Hall–Kier alpha value is -2.69. The van der Waals surface area contributed by atoms with E-state index in [9.17, 15) is 13.2 Å². The Bertz CT molecular complexity index is 1290. The van der Waals surface area contributed by atoms with Gasteiger partial charge in [0.25, 0.3) is 5.91 Å². The van der Waals surface area contributed by atoms with E-state index in [-0.39, 0.29) is 17.4 Å². The van der Waals surface area contributed by atoms with Gasteiger partial charge in [-0.25, -0.2) is 13.1 Å². The summed E-state index contributed by atoms with van der Waals surface area (Å²) < 4.78 is 31.4. The van der Waals surface area contributed by atoms with Gasteiger partial charge in [0.1, 0.15) is 10.0 Å². The summed E-state index contributed by atoms with van der Waals surface area (Å²) in [5, 5.41) is 4.66. The number of amides is 1. The maximum absolute atomic E-state index is 13.1. The van der Waals surface area contributed by atoms with E-state index >= 15 is 0 Å². The minimum absolute atomic E-state index is 0.0453. The molecule has 2 fully saturated rings. The number of hydrogen-bond donors (Lipinski definition) is 0. The first-order valence-corrected chi connectivity index (χ1v) is 12.6. The second-order valence-corrected chi connectivity index (χ2v) is 11.2. The van der Waals surface area contributed by atoms with Gasteiger partial charge in [-0.3, -0.25) is 9.69 Å². The third-order valence-electron chi connectivity index (χ3n) is 5.20. The van der Waals surface area contributed by atoms with E-state index in [1.165, 1.54) is 16.7 Å². The summed E-state index contributed by atoms with van der Waals surface area (Å²) in [6.07, 6.45) is 5.55. The fourth-order valence-electron chi connectivity index (χ4n) is 3.73. The summed E-state index contributed by atoms with van der Waals surface area (Å²) in [7, 11) is -3.13. The van der Waals surface area contributed by atoms with Crippen LogP contribution in [-0.2, 0) is 14.6 Å². The van der Waals surface area contributed by atoms with E-state index < -0.39 is 15.9 Å². The van der Waals surface area contributed by atoms with E-state index in [0.717, 1.165) is 5.69 Å². The highest BCUT2D eigenvalue weighted by atomic mass is 32.2. The number of aromatic nitrogens is 2. The zero-order valence-electron chi connectivity index (χ0n) is 16.2. The van der Waals surface area contributed by atoms with Gasteiger partial charge in [0.05, 0.1) is 34.4 Å². The average Bonchev–Trinajstić information content (AvgIpc) is 3.51. The van der Waals surface area contributed by atoms with Crippen molar-refractivity contribution >= 4 is 50.1 Å². The van der Waals surface area contributed by atoms with E-state index in [2.05, 4.69) is 5.10 Å². The summed E-state index contributed by atoms with van der Waals surface area (Å²) in [5.74, 6) is 0.351. The van der Waals surface area contributed by atoms with E-state index in [0.29, 0.717) is 32.7 Å². The third-order valence-corrected chi connectivity index (χ3v) is 8.28. The zero-order valence-corrected chi connectivity index (χ0v) is 18.6. The Kier molecular flexibility index (Phi) is 5.07. The SMILES string of the molecule is O=C1/C(=C\c2cn(-c3ccccc3)nc2-c2ccco2)SC(=S)N1[C@H]1CCS(=O)(=O)C1. The Morgan fingerprint density at radius 3 is 2.68 bits per heavy atom. The van der Waals surface area contributed by atoms with Crippen LogP contribution < -0.4 is 0 Å². The number of hydrogen-bond acceptors (Lipinski definition) is 7. The second kappa shape index (κ2) is 7.77. The van der Waals surface area contributed by atoms with Crippen molar-refractivity contribution in [3.05, 3.63) is 65.4 Å². The molecule has 1 atom stereocenters. The van der Waals surface area contributed by atoms with Crippen molar-refractivity contribution in [2.24, 2.45) is 0 Å². The summed E-state index contributed by atoms with van der Waals surface area (Å²) in [6.45, 7) is 0. The lowest BCUT2D eigenvalue weighted by atomic mass is 10.2. The Labute approximate surface area is 188 Å². The topological polar surface area (TPSA) is 85.4 Å². The third kappa shape index (κ3) is 3.86. The molecule has 2 aromatic heterocycles. The number of benzene rings is 1. The molecule has 7 nitrogen and oxygen atoms in total. The molecule has 1 aromatic carbocycles. The summed E-state index contributed by atoms with van der Waals surface area (Å²) >= 11 is 6.59. The van der Waals surface area contributed by atoms with Crippen molar-refractivity contribution in [3.63, 3.8) is 0 Å². The molecule has 0 spiro atoms. The number of para-hydroxylation sites is 1. The molecule has 31 heavy (non-hydrogen) atoms. The highest BCUT2D eigenvalue weighted by molar-refractivity contribution is 8.26. The second-order valence-electron chi connectivity index (χ2n) is 7.30. The van der Waals surface area contributed by atoms with Crippen LogP contribution in [0.1, 0.15) is 12.0 Å². The van der Waals surface area contributed by atoms with Crippen molar-refractivity contribution < 1.29 is 17.6 Å². The number of carbonyl (C=O) groups is 1. The fraction of sp³-hybridized carbons (Fsp3) is 0.190. The van der Waals surface area contributed by atoms with Crippen LogP contribution in [-0.4, -0.2) is 50.9 Å². The molecule has 0 aliphatic carbocycles. The van der Waals surface area contributed by atoms with Crippen LogP contribution in [0.5, 0.6) is 0 Å². The van der Waals surface area contributed by atoms with Gasteiger partial charge in [-0.15, -0.1) is 0 Å². The number of rotatable bonds is 4. The van der Waals surface area contributed by atoms with Crippen LogP contribution in [0.3, 0.4) is 0 Å². The van der Waals surface area contributed by atoms with E-state index in [1.807, 2.05) is 42.6 Å². The van der Waals surface area contributed by atoms with Gasteiger partial charge in [0.2, 0.25) is 0 Å². The highest BCUT2D eigenvalue weighted by Crippen LogP contribution is 2.37. The molecule has 2 saturated heterocycles. The number of furan rings is 1. The van der Waals surface area contributed by atoms with Crippen molar-refractivity contribution in [3.8, 4) is 17.1 Å². The van der Waals surface area contributed by atoms with E-state index in [1.54, 1.807) is 23.1 Å². The molecule has 3 aromatic rings. The van der Waals surface area contributed by atoms with Crippen molar-refractivity contribution in [2.75, 3.05) is 11.5 Å². The van der Waals surface area contributed by atoms with Crippen molar-refractivity contribution in [1.82, 2.24) is 14.7 Å². The molecule has 4 heterocycles. The Morgan fingerprint density at radius 2 is 2.00 bits per heavy atom. The number of thioether (sulfide) groups is 1. The van der Waals surface area contributed by atoms with Gasteiger partial charge in [0, 0.05) is 11.8 Å². The van der Waals surface area contributed by atoms with Crippen LogP contribution in [0, 0.1) is 0 Å². The molecular formula is C21H17N3O4S3. The smallest absolute Gasteiger partial charge is 0.266 e. The van der Waals surface area contributed by atoms with Crippen LogP contribution in [0.25, 0.3) is 23.2 Å². The van der Waals surface area contributed by atoms with Crippen LogP contribution in [0.2, 0.25) is 0 Å². The molecule has 2 aliphatic rings. The normalized spacial score (nSPS) is 22.0. The van der Waals surface area contributed by atoms with Crippen LogP contribution in [0.4, 0.5) is 0 Å². The summed E-state index contributed by atoms with van der Waals surface area (Å²) in [5.41, 5.74) is 2.18. The van der Waals surface area contributed by atoms with Crippen molar-refractivity contribution in [1.29, 1.82) is 0 Å². The maximum atomic E-state index is 13.1. The Balaban J connectivity index is 1.52. The van der Waals surface area contributed by atoms with Crippen LogP contribution >= 0.6 is 24.0 Å². The molecule has 1 amide bonds. The standard InChI is InChI=1S/C21H17N3O4S3/c25-20-18(30-21(29)24(20)16-8-10-31(26,27)13-16)11-14-12-23(15-5-2-1-3-6-15)22-19(14)17-7-4-9-28-17/h1-7,9,11-12,16H,8,10,13H2/b18-11+/t16-/m0/s1. The van der Waals surface area contributed by atoms with Crippen LogP contribution in [0.15, 0.2) is 64.2 Å². The number of nitrogens with zero attached hydrogens (tertiary/aromatic N) is 3. The summed E-state index contributed by atoms with van der Waals surface area (Å²) in [4.78, 5) is 15.0.